The van der Waals surface area contributed by atoms with Crippen molar-refractivity contribution in [3.05, 3.63) is 70.5 Å². The summed E-state index contributed by atoms with van der Waals surface area (Å²) in [4.78, 5) is 2.58. The molecular weight excluding hydrogens is 386 g/mol. The van der Waals surface area contributed by atoms with Crippen LogP contribution >= 0.6 is 0 Å². The molecule has 0 saturated carbocycles. The highest BCUT2D eigenvalue weighted by Gasteiger charge is 2.65. The molecule has 1 saturated heterocycles. The number of likely N-dealkylation sites (tertiary alicyclic amines) is 1. The van der Waals surface area contributed by atoms with Crippen LogP contribution in [0.1, 0.15) is 40.6 Å². The Balaban J connectivity index is 1.49. The average molecular weight is 414 g/mol. The Labute approximate surface area is 182 Å². The molecule has 0 amide bonds. The minimum absolute atomic E-state index is 0.00391. The van der Waals surface area contributed by atoms with Crippen molar-refractivity contribution < 1.29 is 9.47 Å². The monoisotopic (exact) mass is 413 g/mol. The molecule has 2 aliphatic heterocycles. The molecule has 0 N–H and O–H groups in total. The van der Waals surface area contributed by atoms with E-state index in [9.17, 15) is 0 Å². The van der Waals surface area contributed by atoms with Crippen LogP contribution in [0.4, 0.5) is 0 Å². The van der Waals surface area contributed by atoms with Gasteiger partial charge in [0.15, 0.2) is 17.6 Å². The molecule has 1 aromatic heterocycles. The molecule has 4 aliphatic rings. The van der Waals surface area contributed by atoms with E-state index in [4.69, 9.17) is 14.6 Å². The van der Waals surface area contributed by atoms with Crippen LogP contribution < -0.4 is 9.47 Å². The lowest BCUT2D eigenvalue weighted by Crippen LogP contribution is -2.62. The van der Waals surface area contributed by atoms with Crippen molar-refractivity contribution in [2.45, 2.75) is 43.7 Å². The van der Waals surface area contributed by atoms with Gasteiger partial charge in [-0.25, -0.2) is 4.68 Å². The Bertz CT molecular complexity index is 1220. The molecule has 7 rings (SSSR count). The number of fused-ring (bicyclic) bond motifs is 2. The van der Waals surface area contributed by atoms with E-state index < -0.39 is 0 Å². The Morgan fingerprint density at radius 3 is 2.77 bits per heavy atom. The van der Waals surface area contributed by atoms with Crippen LogP contribution in [0.5, 0.6) is 11.5 Å². The second-order valence-electron chi connectivity index (χ2n) is 9.68. The molecule has 3 heterocycles. The van der Waals surface area contributed by atoms with Crippen LogP contribution in [0.25, 0.3) is 5.69 Å². The largest absolute Gasteiger partial charge is 0.493 e. The third kappa shape index (κ3) is 2.03. The molecule has 1 spiro atoms. The number of likely N-dealkylation sites (N-methyl/N-ethyl adjacent to an activating group) is 1. The van der Waals surface area contributed by atoms with E-state index in [1.807, 2.05) is 0 Å². The van der Waals surface area contributed by atoms with Gasteiger partial charge in [-0.05, 0) is 69.5 Å². The lowest BCUT2D eigenvalue weighted by atomic mass is 9.51. The average Bonchev–Trinajstić information content (AvgIpc) is 3.31. The first kappa shape index (κ1) is 17.8. The first-order chi connectivity index (χ1) is 15.1. The van der Waals surface area contributed by atoms with Crippen LogP contribution in [-0.4, -0.2) is 41.4 Å². The number of hydrogen-bond donors (Lipinski definition) is 0. The molecular formula is C26H27N3O2. The van der Waals surface area contributed by atoms with Crippen LogP contribution in [0, 0.1) is 12.8 Å². The SMILES string of the molecule is COc1ccc2c3c1O[C@H]1c4nn(-c5ccccc5)c(C)c4C[C@H]4[C@@H](C2)N(C)CC[C@]314. The normalized spacial score (nSPS) is 29.8. The fourth-order valence-corrected chi connectivity index (χ4v) is 7.12. The number of hydrogen-bond acceptors (Lipinski definition) is 4. The maximum atomic E-state index is 6.85. The minimum atomic E-state index is -0.0357. The van der Waals surface area contributed by atoms with E-state index in [1.54, 1.807) is 7.11 Å². The highest BCUT2D eigenvalue weighted by Crippen LogP contribution is 2.67. The number of nitrogens with zero attached hydrogens (tertiary/aromatic N) is 3. The lowest BCUT2D eigenvalue weighted by Gasteiger charge is -2.57. The molecule has 2 aliphatic carbocycles. The Hall–Kier alpha value is -2.79. The predicted octanol–water partition coefficient (Wildman–Crippen LogP) is 3.99. The number of rotatable bonds is 2. The fraction of sp³-hybridized carbons (Fsp3) is 0.423. The van der Waals surface area contributed by atoms with Crippen molar-refractivity contribution in [2.24, 2.45) is 5.92 Å². The maximum Gasteiger partial charge on any atom is 0.166 e. The van der Waals surface area contributed by atoms with Gasteiger partial charge in [0.05, 0.1) is 12.8 Å². The van der Waals surface area contributed by atoms with E-state index in [2.05, 4.69) is 66.0 Å². The first-order valence-electron chi connectivity index (χ1n) is 11.3. The van der Waals surface area contributed by atoms with Crippen LogP contribution in [0.15, 0.2) is 42.5 Å². The van der Waals surface area contributed by atoms with Gasteiger partial charge in [-0.15, -0.1) is 0 Å². The van der Waals surface area contributed by atoms with Gasteiger partial charge in [0.1, 0.15) is 5.69 Å². The van der Waals surface area contributed by atoms with Crippen LogP contribution in [-0.2, 0) is 18.3 Å². The summed E-state index contributed by atoms with van der Waals surface area (Å²) in [6.07, 6.45) is 3.23. The number of benzene rings is 2. The first-order valence-corrected chi connectivity index (χ1v) is 11.3. The number of ether oxygens (including phenoxy) is 2. The number of aromatic nitrogens is 2. The zero-order valence-electron chi connectivity index (χ0n) is 18.3. The van der Waals surface area contributed by atoms with E-state index in [-0.39, 0.29) is 11.5 Å². The second kappa shape index (κ2) is 5.92. The van der Waals surface area contributed by atoms with Crippen molar-refractivity contribution in [2.75, 3.05) is 20.7 Å². The van der Waals surface area contributed by atoms with Gasteiger partial charge in [0, 0.05) is 28.3 Å². The summed E-state index contributed by atoms with van der Waals surface area (Å²) in [6.45, 7) is 3.32. The zero-order chi connectivity index (χ0) is 20.9. The molecule has 0 radical (unpaired) electrons. The van der Waals surface area contributed by atoms with Crippen LogP contribution in [0.3, 0.4) is 0 Å². The number of methoxy groups -OCH3 is 1. The van der Waals surface area contributed by atoms with Crippen molar-refractivity contribution in [1.29, 1.82) is 0 Å². The zero-order valence-corrected chi connectivity index (χ0v) is 18.3. The quantitative estimate of drug-likeness (QED) is 0.637. The highest BCUT2D eigenvalue weighted by molar-refractivity contribution is 5.63. The predicted molar refractivity (Wildman–Crippen MR) is 118 cm³/mol. The fourth-order valence-electron chi connectivity index (χ4n) is 7.12. The third-order valence-corrected chi connectivity index (χ3v) is 8.54. The van der Waals surface area contributed by atoms with Gasteiger partial charge in [0.25, 0.3) is 0 Å². The molecule has 3 aromatic rings. The molecule has 5 heteroatoms. The topological polar surface area (TPSA) is 39.5 Å². The third-order valence-electron chi connectivity index (χ3n) is 8.54. The lowest BCUT2D eigenvalue weighted by molar-refractivity contribution is -0.0257. The van der Waals surface area contributed by atoms with E-state index in [1.165, 1.54) is 22.4 Å². The summed E-state index contributed by atoms with van der Waals surface area (Å²) in [7, 11) is 4.05. The Morgan fingerprint density at radius 1 is 1.13 bits per heavy atom. The summed E-state index contributed by atoms with van der Waals surface area (Å²) in [6, 6.07) is 15.4. The van der Waals surface area contributed by atoms with Crippen LogP contribution in [0.2, 0.25) is 0 Å². The summed E-state index contributed by atoms with van der Waals surface area (Å²) >= 11 is 0. The van der Waals surface area contributed by atoms with Gasteiger partial charge in [-0.1, -0.05) is 24.3 Å². The standard InChI is InChI=1S/C26H27N3O2/c1-15-18-14-19-20-13-16-9-10-21(30-3)24-22(16)26(19,11-12-28(20)2)25(31-24)23(18)27-29(15)17-7-5-4-6-8-17/h4-10,19-20,25H,11-14H2,1-3H3/t19-,20+,25-,26-/m0/s1. The van der Waals surface area contributed by atoms with Crippen molar-refractivity contribution >= 4 is 0 Å². The van der Waals surface area contributed by atoms with E-state index in [0.717, 1.165) is 48.7 Å². The number of para-hydroxylation sites is 1. The summed E-state index contributed by atoms with van der Waals surface area (Å²) in [5.74, 6) is 2.37. The maximum absolute atomic E-state index is 6.85. The molecule has 158 valence electrons. The Morgan fingerprint density at radius 2 is 1.97 bits per heavy atom. The van der Waals surface area contributed by atoms with E-state index in [0.29, 0.717) is 12.0 Å². The Kier molecular flexibility index (Phi) is 3.41. The molecule has 0 unspecified atom stereocenters. The smallest absolute Gasteiger partial charge is 0.166 e. The molecule has 2 aromatic carbocycles. The van der Waals surface area contributed by atoms with Gasteiger partial charge in [-0.2, -0.15) is 5.10 Å². The van der Waals surface area contributed by atoms with Crippen molar-refractivity contribution in [1.82, 2.24) is 14.7 Å². The van der Waals surface area contributed by atoms with Gasteiger partial charge < -0.3 is 14.4 Å². The van der Waals surface area contributed by atoms with Gasteiger partial charge in [-0.3, -0.25) is 0 Å². The summed E-state index contributed by atoms with van der Waals surface area (Å²) in [5, 5.41) is 5.19. The van der Waals surface area contributed by atoms with Gasteiger partial charge >= 0.3 is 0 Å². The van der Waals surface area contributed by atoms with Crippen molar-refractivity contribution in [3.63, 3.8) is 0 Å². The van der Waals surface area contributed by atoms with Crippen molar-refractivity contribution in [3.8, 4) is 17.2 Å². The molecule has 31 heavy (non-hydrogen) atoms. The molecule has 2 bridgehead atoms. The second-order valence-corrected chi connectivity index (χ2v) is 9.68. The highest BCUT2D eigenvalue weighted by atomic mass is 16.5. The summed E-state index contributed by atoms with van der Waals surface area (Å²) in [5.41, 5.74) is 7.73. The molecule has 1 fully saturated rings. The number of piperidine rings is 1. The van der Waals surface area contributed by atoms with Gasteiger partial charge in [0.2, 0.25) is 0 Å². The summed E-state index contributed by atoms with van der Waals surface area (Å²) < 4.78 is 14.7. The molecule has 5 nitrogen and oxygen atoms in total. The van der Waals surface area contributed by atoms with E-state index >= 15 is 0 Å². The minimum Gasteiger partial charge on any atom is -0.493 e. The molecule has 4 atom stereocenters.